The van der Waals surface area contributed by atoms with Crippen molar-refractivity contribution in [1.82, 2.24) is 14.9 Å². The van der Waals surface area contributed by atoms with Gasteiger partial charge in [0.15, 0.2) is 0 Å². The normalized spacial score (nSPS) is 13.3. The quantitative estimate of drug-likeness (QED) is 0.383. The molecule has 3 rings (SSSR count). The third-order valence-electron chi connectivity index (χ3n) is 6.25. The van der Waals surface area contributed by atoms with Gasteiger partial charge in [-0.2, -0.15) is 13.2 Å². The van der Waals surface area contributed by atoms with E-state index in [1.807, 2.05) is 52.0 Å². The highest BCUT2D eigenvalue weighted by Crippen LogP contribution is 2.30. The lowest BCUT2D eigenvalue weighted by Gasteiger charge is -2.25. The lowest BCUT2D eigenvalue weighted by molar-refractivity contribution is -0.138. The Hall–Kier alpha value is -3.95. The van der Waals surface area contributed by atoms with Gasteiger partial charge in [-0.25, -0.2) is 0 Å². The first-order valence-corrected chi connectivity index (χ1v) is 12.1. The molecular weight excluding hydrogens is 499 g/mol. The Morgan fingerprint density at radius 3 is 2.34 bits per heavy atom. The van der Waals surface area contributed by atoms with Gasteiger partial charge in [-0.05, 0) is 55.0 Å². The molecule has 202 valence electrons. The molecule has 0 aliphatic rings. The number of hydrogen-bond donors (Lipinski definition) is 2. The minimum Gasteiger partial charge on any atom is -0.481 e. The molecule has 0 saturated carbocycles. The van der Waals surface area contributed by atoms with Crippen LogP contribution in [0.1, 0.15) is 61.2 Å². The number of carbonyl (C=O) groups is 2. The SMILES string of the molecule is Cc1ccccc1-c1cc([C@H](CC(=O)O)NC(=O)[C@H](CC(C)C)n2ccc(C(F)(F)F)cc2=O)cnc1C. The van der Waals surface area contributed by atoms with E-state index in [2.05, 4.69) is 10.3 Å². The number of carbonyl (C=O) groups excluding carboxylic acids is 1. The van der Waals surface area contributed by atoms with Crippen molar-refractivity contribution >= 4 is 11.9 Å². The molecule has 2 N–H and O–H groups in total. The Balaban J connectivity index is 2.00. The Morgan fingerprint density at radius 2 is 1.76 bits per heavy atom. The number of pyridine rings is 2. The van der Waals surface area contributed by atoms with E-state index in [0.717, 1.165) is 39.2 Å². The maximum Gasteiger partial charge on any atom is 0.416 e. The number of hydrogen-bond acceptors (Lipinski definition) is 4. The second kappa shape index (κ2) is 11.6. The van der Waals surface area contributed by atoms with Crippen LogP contribution in [0.15, 0.2) is 59.7 Å². The zero-order chi connectivity index (χ0) is 28.2. The average Bonchev–Trinajstić information content (AvgIpc) is 2.82. The highest BCUT2D eigenvalue weighted by Gasteiger charge is 2.33. The van der Waals surface area contributed by atoms with E-state index in [1.54, 1.807) is 6.07 Å². The minimum absolute atomic E-state index is 0.0911. The van der Waals surface area contributed by atoms with Crippen LogP contribution in [0.3, 0.4) is 0 Å². The van der Waals surface area contributed by atoms with Crippen LogP contribution in [0, 0.1) is 19.8 Å². The Bertz CT molecular complexity index is 1380. The van der Waals surface area contributed by atoms with Crippen molar-refractivity contribution in [2.24, 2.45) is 5.92 Å². The number of carboxylic acid groups (broad SMARTS) is 1. The second-order valence-electron chi connectivity index (χ2n) is 9.68. The lowest BCUT2D eigenvalue weighted by atomic mass is 9.95. The molecule has 0 radical (unpaired) electrons. The number of rotatable bonds is 9. The molecule has 0 saturated heterocycles. The maximum absolute atomic E-state index is 13.4. The summed E-state index contributed by atoms with van der Waals surface area (Å²) >= 11 is 0. The van der Waals surface area contributed by atoms with Crippen molar-refractivity contribution < 1.29 is 27.9 Å². The zero-order valence-electron chi connectivity index (χ0n) is 21.5. The van der Waals surface area contributed by atoms with E-state index in [1.165, 1.54) is 6.20 Å². The van der Waals surface area contributed by atoms with E-state index in [9.17, 15) is 32.7 Å². The molecule has 38 heavy (non-hydrogen) atoms. The van der Waals surface area contributed by atoms with E-state index < -0.39 is 47.7 Å². The van der Waals surface area contributed by atoms with Gasteiger partial charge < -0.3 is 15.0 Å². The van der Waals surface area contributed by atoms with Gasteiger partial charge in [-0.1, -0.05) is 38.1 Å². The predicted molar refractivity (Wildman–Crippen MR) is 136 cm³/mol. The van der Waals surface area contributed by atoms with Crippen LogP contribution in [0.5, 0.6) is 0 Å². The molecule has 2 aromatic heterocycles. The number of nitrogens with zero attached hydrogens (tertiary/aromatic N) is 2. The molecule has 3 aromatic rings. The molecule has 0 bridgehead atoms. The minimum atomic E-state index is -4.70. The predicted octanol–water partition coefficient (Wildman–Crippen LogP) is 5.47. The molecule has 0 unspecified atom stereocenters. The van der Waals surface area contributed by atoms with E-state index in [0.29, 0.717) is 11.6 Å². The van der Waals surface area contributed by atoms with Crippen LogP contribution in [0.25, 0.3) is 11.1 Å². The number of aromatic nitrogens is 2. The van der Waals surface area contributed by atoms with E-state index in [4.69, 9.17) is 0 Å². The van der Waals surface area contributed by atoms with Crippen molar-refractivity contribution in [3.05, 3.63) is 87.6 Å². The molecule has 0 aliphatic heterocycles. The third kappa shape index (κ3) is 6.87. The first-order valence-electron chi connectivity index (χ1n) is 12.1. The van der Waals surface area contributed by atoms with Gasteiger partial charge in [-0.3, -0.25) is 19.4 Å². The van der Waals surface area contributed by atoms with Gasteiger partial charge in [0, 0.05) is 29.7 Å². The van der Waals surface area contributed by atoms with Crippen LogP contribution >= 0.6 is 0 Å². The van der Waals surface area contributed by atoms with Crippen LogP contribution in [0.4, 0.5) is 13.2 Å². The van der Waals surface area contributed by atoms with Gasteiger partial charge in [0.25, 0.3) is 5.56 Å². The zero-order valence-corrected chi connectivity index (χ0v) is 21.5. The van der Waals surface area contributed by atoms with E-state index >= 15 is 0 Å². The fourth-order valence-electron chi connectivity index (χ4n) is 4.30. The molecule has 2 atom stereocenters. The van der Waals surface area contributed by atoms with Crippen molar-refractivity contribution in [1.29, 1.82) is 0 Å². The molecule has 0 spiro atoms. The summed E-state index contributed by atoms with van der Waals surface area (Å²) in [6, 6.07) is 8.48. The summed E-state index contributed by atoms with van der Waals surface area (Å²) in [7, 11) is 0. The first kappa shape index (κ1) is 28.6. The smallest absolute Gasteiger partial charge is 0.416 e. The summed E-state index contributed by atoms with van der Waals surface area (Å²) in [5.41, 5.74) is 1.77. The van der Waals surface area contributed by atoms with Crippen molar-refractivity contribution in [2.45, 2.75) is 58.8 Å². The number of halogens is 3. The number of benzene rings is 1. The number of aliphatic carboxylic acids is 1. The standard InChI is InChI=1S/C28H30F3N3O4/c1-16(2)11-24(34-10-9-20(13-25(34)35)28(29,30)31)27(38)33-23(14-26(36)37)19-12-22(18(4)32-15-19)21-8-6-5-7-17(21)3/h5-10,12-13,15-16,23-24H,11,14H2,1-4H3,(H,33,38)(H,36,37)/t23-,24-/m0/s1. The van der Waals surface area contributed by atoms with Crippen molar-refractivity contribution in [3.63, 3.8) is 0 Å². The van der Waals surface area contributed by atoms with Gasteiger partial charge >= 0.3 is 12.1 Å². The number of aryl methyl sites for hydroxylation is 2. The topological polar surface area (TPSA) is 101 Å². The van der Waals surface area contributed by atoms with Crippen LogP contribution in [-0.4, -0.2) is 26.5 Å². The lowest BCUT2D eigenvalue weighted by Crippen LogP contribution is -2.40. The van der Waals surface area contributed by atoms with Gasteiger partial charge in [0.1, 0.15) is 6.04 Å². The molecule has 0 aliphatic carbocycles. The van der Waals surface area contributed by atoms with E-state index in [-0.39, 0.29) is 12.3 Å². The van der Waals surface area contributed by atoms with Crippen LogP contribution in [0.2, 0.25) is 0 Å². The molecule has 10 heteroatoms. The fourth-order valence-corrected chi connectivity index (χ4v) is 4.30. The van der Waals surface area contributed by atoms with Gasteiger partial charge in [0.2, 0.25) is 5.91 Å². The number of carboxylic acids is 1. The summed E-state index contributed by atoms with van der Waals surface area (Å²) < 4.78 is 40.2. The van der Waals surface area contributed by atoms with Crippen LogP contribution in [-0.2, 0) is 15.8 Å². The monoisotopic (exact) mass is 529 g/mol. The Morgan fingerprint density at radius 1 is 1.08 bits per heavy atom. The molecule has 0 fully saturated rings. The maximum atomic E-state index is 13.4. The Kier molecular flexibility index (Phi) is 8.75. The van der Waals surface area contributed by atoms with Crippen LogP contribution < -0.4 is 10.9 Å². The summed E-state index contributed by atoms with van der Waals surface area (Å²) in [5, 5.41) is 12.3. The highest BCUT2D eigenvalue weighted by atomic mass is 19.4. The molecule has 1 amide bonds. The third-order valence-corrected chi connectivity index (χ3v) is 6.25. The average molecular weight is 530 g/mol. The van der Waals surface area contributed by atoms with Crippen molar-refractivity contribution in [2.75, 3.05) is 0 Å². The second-order valence-corrected chi connectivity index (χ2v) is 9.68. The summed E-state index contributed by atoms with van der Waals surface area (Å²) in [6.07, 6.45) is -2.56. The summed E-state index contributed by atoms with van der Waals surface area (Å²) in [4.78, 5) is 42.2. The molecular formula is C28H30F3N3O4. The number of alkyl halides is 3. The molecule has 7 nitrogen and oxygen atoms in total. The summed E-state index contributed by atoms with van der Waals surface area (Å²) in [6.45, 7) is 7.38. The summed E-state index contributed by atoms with van der Waals surface area (Å²) in [5.74, 6) is -1.93. The molecule has 2 heterocycles. The van der Waals surface area contributed by atoms with Gasteiger partial charge in [0.05, 0.1) is 18.0 Å². The van der Waals surface area contributed by atoms with Crippen molar-refractivity contribution in [3.8, 4) is 11.1 Å². The number of nitrogens with one attached hydrogen (secondary N) is 1. The largest absolute Gasteiger partial charge is 0.481 e. The first-order chi connectivity index (χ1) is 17.8. The highest BCUT2D eigenvalue weighted by molar-refractivity contribution is 5.82. The Labute approximate surface area is 218 Å². The number of amides is 1. The fraction of sp³-hybridized carbons (Fsp3) is 0.357. The molecule has 1 aromatic carbocycles. The van der Waals surface area contributed by atoms with Gasteiger partial charge in [-0.15, -0.1) is 0 Å².